The van der Waals surface area contributed by atoms with Crippen molar-refractivity contribution in [3.05, 3.63) is 102 Å². The van der Waals surface area contributed by atoms with Crippen LogP contribution in [0.3, 0.4) is 0 Å². The summed E-state index contributed by atoms with van der Waals surface area (Å²) in [6.45, 7) is 5.57. The summed E-state index contributed by atoms with van der Waals surface area (Å²) in [5, 5.41) is 0.594. The van der Waals surface area contributed by atoms with E-state index in [2.05, 4.69) is 23.3 Å². The summed E-state index contributed by atoms with van der Waals surface area (Å²) in [5.41, 5.74) is 3.20. The van der Waals surface area contributed by atoms with Crippen molar-refractivity contribution in [3.8, 4) is 11.5 Å². The largest absolute Gasteiger partial charge is 0.493 e. The summed E-state index contributed by atoms with van der Waals surface area (Å²) < 4.78 is 14.2. The monoisotopic (exact) mass is 432 g/mol. The molecular weight excluding hydrogens is 408 g/mol. The van der Waals surface area contributed by atoms with Crippen molar-refractivity contribution in [1.29, 1.82) is 0 Å². The van der Waals surface area contributed by atoms with Crippen LogP contribution in [-0.2, 0) is 19.6 Å². The lowest BCUT2D eigenvalue weighted by atomic mass is 10.1. The molecule has 0 atom stereocenters. The van der Waals surface area contributed by atoms with E-state index < -0.39 is 0 Å². The fourth-order valence-electron chi connectivity index (χ4n) is 3.56. The highest BCUT2D eigenvalue weighted by Gasteiger charge is 2.12. The molecule has 3 aromatic carbocycles. The van der Waals surface area contributed by atoms with Crippen molar-refractivity contribution in [2.75, 3.05) is 6.61 Å². The summed E-state index contributed by atoms with van der Waals surface area (Å²) in [6, 6.07) is 23.7. The number of rotatable bonds is 10. The van der Waals surface area contributed by atoms with E-state index in [1.54, 1.807) is 0 Å². The Morgan fingerprint density at radius 3 is 2.48 bits per heavy atom. The van der Waals surface area contributed by atoms with Gasteiger partial charge in [0.1, 0.15) is 23.9 Å². The number of fused-ring (bicyclic) bond motifs is 1. The minimum Gasteiger partial charge on any atom is -0.493 e. The number of para-hydroxylation sites is 4. The van der Waals surface area contributed by atoms with E-state index in [-0.39, 0.29) is 0 Å². The van der Waals surface area contributed by atoms with E-state index in [1.165, 1.54) is 0 Å². The lowest BCUT2D eigenvalue weighted by Gasteiger charge is -2.13. The smallest absolute Gasteiger partial charge is 0.148 e. The molecule has 158 valence electrons. The number of benzene rings is 3. The first-order valence-corrected chi connectivity index (χ1v) is 10.8. The fraction of sp³-hybridized carbons (Fsp3) is 0.192. The summed E-state index contributed by atoms with van der Waals surface area (Å²) in [7, 11) is 0. The molecule has 0 amide bonds. The predicted molar refractivity (Wildman–Crippen MR) is 126 cm³/mol. The van der Waals surface area contributed by atoms with Gasteiger partial charge in [0.25, 0.3) is 0 Å². The Balaban J connectivity index is 1.45. The second kappa shape index (κ2) is 10.2. The highest BCUT2D eigenvalue weighted by atomic mass is 35.5. The standard InChI is InChI=1S/C26H25ClN2O2/c1-2-10-20-11-3-7-15-24(20)30-18-9-17-29-23-14-6-5-13-22(23)28-26(29)19-31-25-16-8-4-12-21(25)27/h2-8,11-16H,1,9-10,17-19H2. The van der Waals surface area contributed by atoms with Crippen molar-refractivity contribution in [3.63, 3.8) is 0 Å². The molecule has 0 aliphatic heterocycles. The Hall–Kier alpha value is -3.24. The van der Waals surface area contributed by atoms with E-state index >= 15 is 0 Å². The zero-order chi connectivity index (χ0) is 21.5. The Bertz CT molecular complexity index is 1170. The number of aryl methyl sites for hydroxylation is 1. The van der Waals surface area contributed by atoms with Gasteiger partial charge >= 0.3 is 0 Å². The molecule has 5 heteroatoms. The van der Waals surface area contributed by atoms with E-state index in [1.807, 2.05) is 66.7 Å². The van der Waals surface area contributed by atoms with Crippen molar-refractivity contribution >= 4 is 22.6 Å². The van der Waals surface area contributed by atoms with E-state index in [4.69, 9.17) is 26.1 Å². The fourth-order valence-corrected chi connectivity index (χ4v) is 3.75. The maximum Gasteiger partial charge on any atom is 0.148 e. The topological polar surface area (TPSA) is 36.3 Å². The van der Waals surface area contributed by atoms with Gasteiger partial charge in [0.15, 0.2) is 0 Å². The molecular formula is C26H25ClN2O2. The summed E-state index contributed by atoms with van der Waals surface area (Å²) in [6.07, 6.45) is 3.54. The van der Waals surface area contributed by atoms with Crippen LogP contribution < -0.4 is 9.47 Å². The van der Waals surface area contributed by atoms with Gasteiger partial charge in [0, 0.05) is 6.54 Å². The Kier molecular flexibility index (Phi) is 6.90. The van der Waals surface area contributed by atoms with Gasteiger partial charge in [-0.3, -0.25) is 0 Å². The number of hydrogen-bond acceptors (Lipinski definition) is 3. The highest BCUT2D eigenvalue weighted by molar-refractivity contribution is 6.32. The molecule has 0 N–H and O–H groups in total. The lowest BCUT2D eigenvalue weighted by Crippen LogP contribution is -2.10. The molecule has 4 rings (SSSR count). The Morgan fingerprint density at radius 1 is 0.903 bits per heavy atom. The summed E-state index contributed by atoms with van der Waals surface area (Å²) >= 11 is 6.23. The SMILES string of the molecule is C=CCc1ccccc1OCCCn1c(COc2ccccc2Cl)nc2ccccc21. The predicted octanol–water partition coefficient (Wildman–Crippen LogP) is 6.47. The van der Waals surface area contributed by atoms with E-state index in [9.17, 15) is 0 Å². The summed E-state index contributed by atoms with van der Waals surface area (Å²) in [4.78, 5) is 4.78. The number of nitrogens with zero attached hydrogens (tertiary/aromatic N) is 2. The molecule has 0 saturated heterocycles. The van der Waals surface area contributed by atoms with Crippen LogP contribution in [0.5, 0.6) is 11.5 Å². The molecule has 0 aliphatic carbocycles. The van der Waals surface area contributed by atoms with Gasteiger partial charge in [-0.2, -0.15) is 0 Å². The van der Waals surface area contributed by atoms with Crippen LogP contribution in [-0.4, -0.2) is 16.2 Å². The van der Waals surface area contributed by atoms with E-state index in [0.29, 0.717) is 24.0 Å². The Labute approximate surface area is 187 Å². The van der Waals surface area contributed by atoms with Crippen LogP contribution in [0.4, 0.5) is 0 Å². The zero-order valence-electron chi connectivity index (χ0n) is 17.3. The van der Waals surface area contributed by atoms with Gasteiger partial charge in [0.05, 0.1) is 22.7 Å². The normalized spacial score (nSPS) is 10.9. The van der Waals surface area contributed by atoms with Crippen LogP contribution in [0.25, 0.3) is 11.0 Å². The van der Waals surface area contributed by atoms with Crippen LogP contribution in [0, 0.1) is 0 Å². The van der Waals surface area contributed by atoms with Crippen LogP contribution >= 0.6 is 11.6 Å². The minimum atomic E-state index is 0.349. The summed E-state index contributed by atoms with van der Waals surface area (Å²) in [5.74, 6) is 2.44. The minimum absolute atomic E-state index is 0.349. The van der Waals surface area contributed by atoms with Crippen LogP contribution in [0.1, 0.15) is 17.8 Å². The third-order valence-electron chi connectivity index (χ3n) is 5.05. The third-order valence-corrected chi connectivity index (χ3v) is 5.36. The number of imidazole rings is 1. The van der Waals surface area contributed by atoms with Crippen molar-refractivity contribution < 1.29 is 9.47 Å². The average Bonchev–Trinajstić information content (AvgIpc) is 3.15. The number of hydrogen-bond donors (Lipinski definition) is 0. The number of ether oxygens (including phenoxy) is 2. The third kappa shape index (κ3) is 5.09. The quantitative estimate of drug-likeness (QED) is 0.213. The maximum atomic E-state index is 6.23. The number of halogens is 1. The molecule has 0 radical (unpaired) electrons. The first-order valence-electron chi connectivity index (χ1n) is 10.4. The molecule has 0 spiro atoms. The van der Waals surface area contributed by atoms with Gasteiger partial charge in [-0.05, 0) is 48.7 Å². The van der Waals surface area contributed by atoms with Crippen molar-refractivity contribution in [2.24, 2.45) is 0 Å². The second-order valence-electron chi connectivity index (χ2n) is 7.19. The van der Waals surface area contributed by atoms with Crippen molar-refractivity contribution in [2.45, 2.75) is 26.0 Å². The zero-order valence-corrected chi connectivity index (χ0v) is 18.1. The molecule has 4 aromatic rings. The van der Waals surface area contributed by atoms with Gasteiger partial charge in [-0.15, -0.1) is 6.58 Å². The second-order valence-corrected chi connectivity index (χ2v) is 7.60. The molecule has 1 aromatic heterocycles. The first-order chi connectivity index (χ1) is 15.3. The maximum absolute atomic E-state index is 6.23. The van der Waals surface area contributed by atoms with Gasteiger partial charge < -0.3 is 14.0 Å². The number of allylic oxidation sites excluding steroid dienone is 1. The van der Waals surface area contributed by atoms with E-state index in [0.717, 1.165) is 47.6 Å². The molecule has 0 saturated carbocycles. The average molecular weight is 433 g/mol. The van der Waals surface area contributed by atoms with Gasteiger partial charge in [-0.25, -0.2) is 4.98 Å². The number of aromatic nitrogens is 2. The molecule has 0 bridgehead atoms. The lowest BCUT2D eigenvalue weighted by molar-refractivity contribution is 0.280. The van der Waals surface area contributed by atoms with Gasteiger partial charge in [0.2, 0.25) is 0 Å². The molecule has 31 heavy (non-hydrogen) atoms. The molecule has 0 unspecified atom stereocenters. The van der Waals surface area contributed by atoms with Crippen LogP contribution in [0.15, 0.2) is 85.5 Å². The van der Waals surface area contributed by atoms with Crippen molar-refractivity contribution in [1.82, 2.24) is 9.55 Å². The molecule has 0 aliphatic rings. The Morgan fingerprint density at radius 2 is 1.65 bits per heavy atom. The first kappa shape index (κ1) is 21.0. The van der Waals surface area contributed by atoms with Crippen LogP contribution in [0.2, 0.25) is 5.02 Å². The molecule has 1 heterocycles. The molecule has 0 fully saturated rings. The molecule has 4 nitrogen and oxygen atoms in total. The van der Waals surface area contributed by atoms with Gasteiger partial charge in [-0.1, -0.05) is 60.1 Å². The highest BCUT2D eigenvalue weighted by Crippen LogP contribution is 2.25.